The molecule has 1 rings (SSSR count). The Morgan fingerprint density at radius 1 is 0.540 bits per heavy atom. The summed E-state index contributed by atoms with van der Waals surface area (Å²) in [6.45, 7) is 13.3. The number of esters is 1. The van der Waals surface area contributed by atoms with Crippen molar-refractivity contribution in [3.63, 3.8) is 0 Å². The third kappa shape index (κ3) is 30.4. The topological polar surface area (TPSA) is 148 Å². The lowest BCUT2D eigenvalue weighted by Gasteiger charge is -2.13. The summed E-state index contributed by atoms with van der Waals surface area (Å²) in [4.78, 5) is 23.7. The molecule has 14 heteroatoms. The zero-order chi connectivity index (χ0) is 36.0. The number of unbranched alkanes of at least 4 members (excludes halogenated alkanes) is 1. The third-order valence-corrected chi connectivity index (χ3v) is 6.91. The van der Waals surface area contributed by atoms with Gasteiger partial charge in [0.1, 0.15) is 13.2 Å². The molecule has 0 bridgehead atoms. The Kier molecular flexibility index (Phi) is 33.2. The fourth-order valence-corrected chi connectivity index (χ4v) is 4.12. The molecular weight excluding hydrogens is 654 g/mol. The van der Waals surface area contributed by atoms with Gasteiger partial charge in [0.15, 0.2) is 0 Å². The average Bonchev–Trinajstić information content (AvgIpc) is 3.13. The fraction of sp³-hybridized carbons (Fsp3) is 0.778. The van der Waals surface area contributed by atoms with Crippen molar-refractivity contribution >= 4 is 12.1 Å². The number of carbonyl (C=O) groups excluding carboxylic acids is 2. The highest BCUT2D eigenvalue weighted by molar-refractivity contribution is 5.72. The minimum absolute atomic E-state index is 0.00807. The summed E-state index contributed by atoms with van der Waals surface area (Å²) in [5, 5.41) is 2.64. The van der Waals surface area contributed by atoms with Crippen LogP contribution in [0.1, 0.15) is 45.1 Å². The van der Waals surface area contributed by atoms with Gasteiger partial charge >= 0.3 is 12.1 Å². The van der Waals surface area contributed by atoms with E-state index in [9.17, 15) is 9.59 Å². The Hall–Kier alpha value is -2.40. The summed E-state index contributed by atoms with van der Waals surface area (Å²) in [7, 11) is 0. The highest BCUT2D eigenvalue weighted by Crippen LogP contribution is 2.14. The highest BCUT2D eigenvalue weighted by atomic mass is 16.6. The summed E-state index contributed by atoms with van der Waals surface area (Å²) < 4.78 is 59.6. The molecule has 1 aromatic rings. The highest BCUT2D eigenvalue weighted by Gasteiger charge is 2.17. The molecule has 1 amide bonds. The van der Waals surface area contributed by atoms with Crippen molar-refractivity contribution in [1.82, 2.24) is 5.32 Å². The number of benzene rings is 1. The molecule has 0 radical (unpaired) electrons. The molecule has 50 heavy (non-hydrogen) atoms. The summed E-state index contributed by atoms with van der Waals surface area (Å²) in [6, 6.07) is 9.50. The number of rotatable bonds is 37. The van der Waals surface area contributed by atoms with Gasteiger partial charge in [-0.05, 0) is 18.4 Å². The number of nitrogens with one attached hydrogen (secondary N) is 1. The van der Waals surface area contributed by atoms with E-state index in [0.29, 0.717) is 125 Å². The molecule has 1 N–H and O–H groups in total. The summed E-state index contributed by atoms with van der Waals surface area (Å²) in [5.74, 6) is -0.132. The van der Waals surface area contributed by atoms with Gasteiger partial charge in [-0.15, -0.1) is 0 Å². The van der Waals surface area contributed by atoms with Crippen LogP contribution in [0, 0.1) is 5.92 Å². The van der Waals surface area contributed by atoms with E-state index in [0.717, 1.165) is 31.2 Å². The van der Waals surface area contributed by atoms with Crippen molar-refractivity contribution in [2.45, 2.75) is 46.1 Å². The van der Waals surface area contributed by atoms with Crippen molar-refractivity contribution in [1.29, 1.82) is 0 Å². The van der Waals surface area contributed by atoms with Gasteiger partial charge in [0, 0.05) is 6.54 Å². The molecular formula is C36H63NO13. The van der Waals surface area contributed by atoms with E-state index in [1.807, 2.05) is 37.3 Å². The molecule has 0 heterocycles. The second kappa shape index (κ2) is 36.4. The summed E-state index contributed by atoms with van der Waals surface area (Å²) >= 11 is 0. The molecule has 1 atom stereocenters. The fourth-order valence-electron chi connectivity index (χ4n) is 4.12. The monoisotopic (exact) mass is 717 g/mol. The Morgan fingerprint density at radius 2 is 0.940 bits per heavy atom. The normalized spacial score (nSPS) is 11.8. The van der Waals surface area contributed by atoms with Crippen LogP contribution in [0.2, 0.25) is 0 Å². The predicted molar refractivity (Wildman–Crippen MR) is 186 cm³/mol. The molecule has 0 aliphatic heterocycles. The number of hydrogen-bond donors (Lipinski definition) is 1. The Balaban J connectivity index is 1.67. The van der Waals surface area contributed by atoms with Crippen molar-refractivity contribution in [3.05, 3.63) is 35.9 Å². The van der Waals surface area contributed by atoms with Gasteiger partial charge in [0.2, 0.25) is 0 Å². The number of alkyl carbamates (subject to hydrolysis) is 1. The zero-order valence-corrected chi connectivity index (χ0v) is 30.4. The lowest BCUT2D eigenvalue weighted by atomic mass is 10.00. The number of amides is 1. The van der Waals surface area contributed by atoms with E-state index in [4.69, 9.17) is 52.1 Å². The average molecular weight is 718 g/mol. The first kappa shape index (κ1) is 45.6. The molecule has 1 aromatic carbocycles. The van der Waals surface area contributed by atoms with Crippen LogP contribution in [0.3, 0.4) is 0 Å². The van der Waals surface area contributed by atoms with E-state index in [1.165, 1.54) is 0 Å². The quantitative estimate of drug-likeness (QED) is 0.0787. The van der Waals surface area contributed by atoms with Crippen LogP contribution in [0.5, 0.6) is 0 Å². The van der Waals surface area contributed by atoms with E-state index in [2.05, 4.69) is 12.2 Å². The maximum Gasteiger partial charge on any atom is 0.407 e. The zero-order valence-electron chi connectivity index (χ0n) is 30.4. The van der Waals surface area contributed by atoms with Crippen molar-refractivity contribution in [3.8, 4) is 0 Å². The van der Waals surface area contributed by atoms with Crippen LogP contribution in [-0.4, -0.2) is 144 Å². The Morgan fingerprint density at radius 3 is 1.34 bits per heavy atom. The minimum atomic E-state index is -0.471. The maximum atomic E-state index is 12.0. The third-order valence-electron chi connectivity index (χ3n) is 6.91. The molecule has 1 unspecified atom stereocenters. The lowest BCUT2D eigenvalue weighted by Crippen LogP contribution is -2.28. The molecule has 14 nitrogen and oxygen atoms in total. The second-order valence-electron chi connectivity index (χ2n) is 10.9. The standard InChI is InChI=1S/C36H63NO13/c1-3-5-11-34(4-2)35(38)49-31-30-48-29-28-47-27-26-46-25-24-45-23-22-44-21-20-43-19-18-42-17-16-41-15-14-40-13-12-37-36(39)50-32-33-9-7-6-8-10-33/h6-10,34H,3-5,11-32H2,1-2H3,(H,37,39). The lowest BCUT2D eigenvalue weighted by molar-refractivity contribution is -0.150. The van der Waals surface area contributed by atoms with Crippen molar-refractivity contribution in [2.24, 2.45) is 5.92 Å². The SMILES string of the molecule is CCCCC(CC)C(=O)OCCOCCOCCOCCOCCOCCOCCOCCOCCOCCNC(=O)OCc1ccccc1. The number of ether oxygens (including phenoxy) is 11. The molecule has 0 aromatic heterocycles. The molecule has 0 saturated heterocycles. The smallest absolute Gasteiger partial charge is 0.407 e. The summed E-state index contributed by atoms with van der Waals surface area (Å²) in [5.41, 5.74) is 0.936. The van der Waals surface area contributed by atoms with Crippen molar-refractivity contribution < 1.29 is 61.7 Å². The first-order valence-corrected chi connectivity index (χ1v) is 18.0. The molecule has 0 fully saturated rings. The van der Waals surface area contributed by atoms with Crippen LogP contribution in [-0.2, 0) is 63.5 Å². The number of carbonyl (C=O) groups is 2. The second-order valence-corrected chi connectivity index (χ2v) is 10.9. The largest absolute Gasteiger partial charge is 0.463 e. The van der Waals surface area contributed by atoms with Gasteiger partial charge in [-0.1, -0.05) is 57.0 Å². The van der Waals surface area contributed by atoms with Gasteiger partial charge in [0.05, 0.1) is 125 Å². The van der Waals surface area contributed by atoms with Gasteiger partial charge in [-0.3, -0.25) is 4.79 Å². The van der Waals surface area contributed by atoms with Crippen LogP contribution in [0.15, 0.2) is 30.3 Å². The van der Waals surface area contributed by atoms with Gasteiger partial charge < -0.3 is 57.4 Å². The van der Waals surface area contributed by atoms with Crippen LogP contribution >= 0.6 is 0 Å². The first-order chi connectivity index (χ1) is 24.7. The first-order valence-electron chi connectivity index (χ1n) is 18.0. The predicted octanol–water partition coefficient (Wildman–Crippen LogP) is 3.82. The molecule has 0 spiro atoms. The van der Waals surface area contributed by atoms with Crippen LogP contribution in [0.25, 0.3) is 0 Å². The van der Waals surface area contributed by atoms with Crippen LogP contribution in [0.4, 0.5) is 4.79 Å². The molecule has 290 valence electrons. The van der Waals surface area contributed by atoms with E-state index in [-0.39, 0.29) is 25.1 Å². The Bertz CT molecular complexity index is 881. The number of hydrogen-bond acceptors (Lipinski definition) is 13. The maximum absolute atomic E-state index is 12.0. The van der Waals surface area contributed by atoms with Crippen molar-refractivity contribution in [2.75, 3.05) is 132 Å². The molecule has 0 saturated carbocycles. The van der Waals surface area contributed by atoms with Gasteiger partial charge in [-0.2, -0.15) is 0 Å². The van der Waals surface area contributed by atoms with E-state index >= 15 is 0 Å². The van der Waals surface area contributed by atoms with E-state index < -0.39 is 6.09 Å². The van der Waals surface area contributed by atoms with Crippen LogP contribution < -0.4 is 5.32 Å². The molecule has 0 aliphatic carbocycles. The Labute approximate surface area is 299 Å². The minimum Gasteiger partial charge on any atom is -0.463 e. The molecule has 0 aliphatic rings. The van der Waals surface area contributed by atoms with Gasteiger partial charge in [0.25, 0.3) is 0 Å². The van der Waals surface area contributed by atoms with Gasteiger partial charge in [-0.25, -0.2) is 4.79 Å². The summed E-state index contributed by atoms with van der Waals surface area (Å²) in [6.07, 6.45) is 3.35. The van der Waals surface area contributed by atoms with E-state index in [1.54, 1.807) is 0 Å².